The van der Waals surface area contributed by atoms with Crippen molar-refractivity contribution in [2.45, 2.75) is 71.1 Å². The summed E-state index contributed by atoms with van der Waals surface area (Å²) < 4.78 is 12.0. The molecular formula is C15H23N3O3. The molecule has 2 aliphatic rings. The highest BCUT2D eigenvalue weighted by atomic mass is 16.8. The molecular weight excluding hydrogens is 270 g/mol. The average molecular weight is 293 g/mol. The third-order valence-corrected chi connectivity index (χ3v) is 4.35. The van der Waals surface area contributed by atoms with E-state index in [1.54, 1.807) is 6.20 Å². The van der Waals surface area contributed by atoms with E-state index < -0.39 is 5.79 Å². The molecule has 3 heterocycles. The van der Waals surface area contributed by atoms with Gasteiger partial charge in [-0.15, -0.1) is 0 Å². The standard InChI is InChI=1S/C15H23N3O3/c1-6-11-13-14(21-15(4,5)20-13)12(18(11)19)10-7-16-9(3)17-8(10)2/h7,11-14,19H,6H2,1-5H3/t11-,12+,13-,14+/m1/s1. The van der Waals surface area contributed by atoms with Crippen LogP contribution < -0.4 is 0 Å². The number of rotatable bonds is 2. The molecule has 3 rings (SSSR count). The van der Waals surface area contributed by atoms with Gasteiger partial charge in [0.15, 0.2) is 5.79 Å². The van der Waals surface area contributed by atoms with Crippen molar-refractivity contribution < 1.29 is 14.7 Å². The molecule has 2 fully saturated rings. The van der Waals surface area contributed by atoms with Crippen LogP contribution in [-0.2, 0) is 9.47 Å². The minimum absolute atomic E-state index is 0.0810. The Balaban J connectivity index is 2.00. The molecule has 1 aromatic heterocycles. The minimum Gasteiger partial charge on any atom is -0.343 e. The van der Waals surface area contributed by atoms with E-state index in [2.05, 4.69) is 9.97 Å². The van der Waals surface area contributed by atoms with E-state index in [9.17, 15) is 5.21 Å². The van der Waals surface area contributed by atoms with Crippen LogP contribution in [0.3, 0.4) is 0 Å². The predicted octanol–water partition coefficient (Wildman–Crippen LogP) is 2.14. The summed E-state index contributed by atoms with van der Waals surface area (Å²) in [4.78, 5) is 8.68. The molecule has 0 spiro atoms. The molecule has 1 N–H and O–H groups in total. The molecule has 116 valence electrons. The lowest BCUT2D eigenvalue weighted by Crippen LogP contribution is -2.37. The Bertz CT molecular complexity index is 549. The number of fused-ring (bicyclic) bond motifs is 1. The third-order valence-electron chi connectivity index (χ3n) is 4.35. The summed E-state index contributed by atoms with van der Waals surface area (Å²) in [6.45, 7) is 9.66. The Labute approximate surface area is 125 Å². The Hall–Kier alpha value is -1.08. The van der Waals surface area contributed by atoms with Crippen molar-refractivity contribution in [2.75, 3.05) is 0 Å². The zero-order chi connectivity index (χ0) is 15.4. The number of ether oxygens (including phenoxy) is 2. The summed E-state index contributed by atoms with van der Waals surface area (Å²) in [5.41, 5.74) is 1.77. The van der Waals surface area contributed by atoms with Gasteiger partial charge in [-0.25, -0.2) is 9.97 Å². The van der Waals surface area contributed by atoms with Gasteiger partial charge in [0, 0.05) is 17.5 Å². The minimum atomic E-state index is -0.623. The van der Waals surface area contributed by atoms with Crippen molar-refractivity contribution in [1.29, 1.82) is 0 Å². The molecule has 0 aromatic carbocycles. The fraction of sp³-hybridized carbons (Fsp3) is 0.733. The van der Waals surface area contributed by atoms with Gasteiger partial charge in [0.25, 0.3) is 0 Å². The summed E-state index contributed by atoms with van der Waals surface area (Å²) in [6, 6.07) is -0.371. The van der Waals surface area contributed by atoms with Gasteiger partial charge in [-0.05, 0) is 34.1 Å². The first-order chi connectivity index (χ1) is 9.84. The number of nitrogens with zero attached hydrogens (tertiary/aromatic N) is 3. The molecule has 0 amide bonds. The lowest BCUT2D eigenvalue weighted by Gasteiger charge is -2.29. The van der Waals surface area contributed by atoms with Crippen LogP contribution in [0, 0.1) is 13.8 Å². The van der Waals surface area contributed by atoms with Gasteiger partial charge in [0.2, 0.25) is 0 Å². The first kappa shape index (κ1) is 14.8. The summed E-state index contributed by atoms with van der Waals surface area (Å²) in [7, 11) is 0. The summed E-state index contributed by atoms with van der Waals surface area (Å²) >= 11 is 0. The van der Waals surface area contributed by atoms with Crippen LogP contribution >= 0.6 is 0 Å². The second kappa shape index (κ2) is 4.98. The predicted molar refractivity (Wildman–Crippen MR) is 75.8 cm³/mol. The van der Waals surface area contributed by atoms with Crippen LogP contribution in [0.25, 0.3) is 0 Å². The van der Waals surface area contributed by atoms with E-state index in [1.807, 2.05) is 34.6 Å². The average Bonchev–Trinajstić information content (AvgIpc) is 2.80. The molecule has 6 heteroatoms. The smallest absolute Gasteiger partial charge is 0.163 e. The van der Waals surface area contributed by atoms with E-state index in [4.69, 9.17) is 9.47 Å². The number of hydroxylamine groups is 2. The molecule has 0 radical (unpaired) electrons. The fourth-order valence-electron chi connectivity index (χ4n) is 3.49. The first-order valence-electron chi connectivity index (χ1n) is 7.47. The van der Waals surface area contributed by atoms with Crippen molar-refractivity contribution in [3.8, 4) is 0 Å². The second-order valence-corrected chi connectivity index (χ2v) is 6.32. The van der Waals surface area contributed by atoms with Gasteiger partial charge >= 0.3 is 0 Å². The topological polar surface area (TPSA) is 67.7 Å². The van der Waals surface area contributed by atoms with Crippen molar-refractivity contribution in [3.05, 3.63) is 23.3 Å². The van der Waals surface area contributed by atoms with Crippen LogP contribution in [0.1, 0.15) is 50.3 Å². The van der Waals surface area contributed by atoms with Crippen molar-refractivity contribution in [3.63, 3.8) is 0 Å². The summed E-state index contributed by atoms with van der Waals surface area (Å²) in [6.07, 6.45) is 2.23. The van der Waals surface area contributed by atoms with Gasteiger partial charge in [0.05, 0.1) is 12.1 Å². The lowest BCUT2D eigenvalue weighted by atomic mass is 10.0. The van der Waals surface area contributed by atoms with Gasteiger partial charge in [0.1, 0.15) is 18.0 Å². The number of hydrogen-bond donors (Lipinski definition) is 1. The highest BCUT2D eigenvalue weighted by Gasteiger charge is 2.58. The van der Waals surface area contributed by atoms with Crippen LogP contribution in [0.5, 0.6) is 0 Å². The summed E-state index contributed by atoms with van der Waals surface area (Å²) in [5.74, 6) is 0.105. The van der Waals surface area contributed by atoms with E-state index in [0.29, 0.717) is 0 Å². The van der Waals surface area contributed by atoms with Crippen LogP contribution in [0.4, 0.5) is 0 Å². The molecule has 1 aromatic rings. The Kier molecular flexibility index (Phi) is 3.52. The highest BCUT2D eigenvalue weighted by Crippen LogP contribution is 2.47. The molecule has 0 saturated carbocycles. The molecule has 0 aliphatic carbocycles. The maximum absolute atomic E-state index is 10.6. The van der Waals surface area contributed by atoms with Crippen molar-refractivity contribution in [2.24, 2.45) is 0 Å². The molecule has 21 heavy (non-hydrogen) atoms. The maximum Gasteiger partial charge on any atom is 0.163 e. The largest absolute Gasteiger partial charge is 0.343 e. The van der Waals surface area contributed by atoms with Gasteiger partial charge in [-0.2, -0.15) is 5.06 Å². The monoisotopic (exact) mass is 293 g/mol. The van der Waals surface area contributed by atoms with Crippen LogP contribution in [0.15, 0.2) is 6.20 Å². The Morgan fingerprint density at radius 2 is 1.95 bits per heavy atom. The van der Waals surface area contributed by atoms with Crippen molar-refractivity contribution in [1.82, 2.24) is 15.0 Å². The molecule has 2 saturated heterocycles. The molecule has 2 aliphatic heterocycles. The number of aromatic nitrogens is 2. The Morgan fingerprint density at radius 1 is 1.29 bits per heavy atom. The Morgan fingerprint density at radius 3 is 2.57 bits per heavy atom. The lowest BCUT2D eigenvalue weighted by molar-refractivity contribution is -0.217. The molecule has 4 atom stereocenters. The van der Waals surface area contributed by atoms with E-state index in [0.717, 1.165) is 23.5 Å². The molecule has 0 bridgehead atoms. The van der Waals surface area contributed by atoms with Gasteiger partial charge in [-0.1, -0.05) is 6.92 Å². The zero-order valence-corrected chi connectivity index (χ0v) is 13.2. The molecule has 6 nitrogen and oxygen atoms in total. The van der Waals surface area contributed by atoms with Crippen molar-refractivity contribution >= 4 is 0 Å². The maximum atomic E-state index is 10.6. The third kappa shape index (κ3) is 2.36. The normalized spacial score (nSPS) is 35.1. The summed E-state index contributed by atoms with van der Waals surface area (Å²) in [5, 5.41) is 12.0. The quantitative estimate of drug-likeness (QED) is 0.901. The van der Waals surface area contributed by atoms with Gasteiger partial charge < -0.3 is 14.7 Å². The van der Waals surface area contributed by atoms with Crippen LogP contribution in [-0.4, -0.2) is 44.3 Å². The second-order valence-electron chi connectivity index (χ2n) is 6.32. The fourth-order valence-corrected chi connectivity index (χ4v) is 3.49. The highest BCUT2D eigenvalue weighted by molar-refractivity contribution is 5.25. The first-order valence-corrected chi connectivity index (χ1v) is 7.47. The van der Waals surface area contributed by atoms with E-state index in [-0.39, 0.29) is 24.3 Å². The van der Waals surface area contributed by atoms with E-state index >= 15 is 0 Å². The SMILES string of the molecule is CC[C@@H]1[C@H]2OC(C)(C)O[C@H]2[C@H](c2cnc(C)nc2C)N1O. The van der Waals surface area contributed by atoms with Crippen LogP contribution in [0.2, 0.25) is 0 Å². The van der Waals surface area contributed by atoms with E-state index in [1.165, 1.54) is 5.06 Å². The molecule has 0 unspecified atom stereocenters. The number of hydrogen-bond acceptors (Lipinski definition) is 6. The number of aryl methyl sites for hydroxylation is 2. The van der Waals surface area contributed by atoms with Gasteiger partial charge in [-0.3, -0.25) is 0 Å². The zero-order valence-electron chi connectivity index (χ0n) is 13.2.